The number of carbonyl (C=O) groups excluding carboxylic acids is 1. The Morgan fingerprint density at radius 1 is 1.35 bits per heavy atom. The number of aromatic nitrogens is 1. The first-order chi connectivity index (χ1) is 9.72. The maximum atomic E-state index is 13.4. The molecule has 0 aliphatic heterocycles. The predicted octanol–water partition coefficient (Wildman–Crippen LogP) is 1.78. The van der Waals surface area contributed by atoms with Crippen LogP contribution >= 0.6 is 0 Å². The zero-order valence-corrected chi connectivity index (χ0v) is 10.6. The van der Waals surface area contributed by atoms with E-state index in [4.69, 9.17) is 5.73 Å². The highest BCUT2D eigenvalue weighted by Gasteiger charge is 2.11. The number of benzene rings is 1. The van der Waals surface area contributed by atoms with Crippen molar-refractivity contribution in [1.29, 1.82) is 0 Å². The molecule has 0 atom stereocenters. The number of hydrogen-bond acceptors (Lipinski definition) is 3. The Kier molecular flexibility index (Phi) is 4.43. The van der Waals surface area contributed by atoms with Gasteiger partial charge in [-0.3, -0.25) is 9.78 Å². The molecule has 20 heavy (non-hydrogen) atoms. The molecule has 100 valence electrons. The van der Waals surface area contributed by atoms with E-state index >= 15 is 0 Å². The zero-order valence-electron chi connectivity index (χ0n) is 10.6. The third-order valence-corrected chi connectivity index (χ3v) is 2.52. The highest BCUT2D eigenvalue weighted by molar-refractivity contribution is 6.06. The molecule has 0 saturated carbocycles. The van der Waals surface area contributed by atoms with Crippen molar-refractivity contribution in [2.45, 2.75) is 0 Å². The number of carbonyl (C=O) groups is 1. The summed E-state index contributed by atoms with van der Waals surface area (Å²) in [5.74, 6) is 4.48. The van der Waals surface area contributed by atoms with Gasteiger partial charge in [0.2, 0.25) is 0 Å². The van der Waals surface area contributed by atoms with Crippen LogP contribution in [0.4, 0.5) is 10.1 Å². The van der Waals surface area contributed by atoms with Crippen LogP contribution in [0.1, 0.15) is 15.9 Å². The number of nitrogens with zero attached hydrogens (tertiary/aromatic N) is 1. The lowest BCUT2D eigenvalue weighted by atomic mass is 10.1. The quantitative estimate of drug-likeness (QED) is 0.817. The van der Waals surface area contributed by atoms with E-state index in [9.17, 15) is 9.18 Å². The van der Waals surface area contributed by atoms with E-state index in [1.807, 2.05) is 0 Å². The molecule has 1 aromatic heterocycles. The Morgan fingerprint density at radius 2 is 2.15 bits per heavy atom. The highest BCUT2D eigenvalue weighted by atomic mass is 19.1. The van der Waals surface area contributed by atoms with Crippen LogP contribution in [0.25, 0.3) is 0 Å². The van der Waals surface area contributed by atoms with Gasteiger partial charge in [-0.2, -0.15) is 0 Å². The van der Waals surface area contributed by atoms with Crippen molar-refractivity contribution in [3.05, 3.63) is 59.7 Å². The lowest BCUT2D eigenvalue weighted by Gasteiger charge is -2.07. The monoisotopic (exact) mass is 269 g/mol. The predicted molar refractivity (Wildman–Crippen MR) is 74.5 cm³/mol. The summed E-state index contributed by atoms with van der Waals surface area (Å²) in [4.78, 5) is 15.8. The summed E-state index contributed by atoms with van der Waals surface area (Å²) in [5, 5.41) is 2.49. The molecule has 2 rings (SSSR count). The van der Waals surface area contributed by atoms with Crippen molar-refractivity contribution >= 4 is 11.6 Å². The van der Waals surface area contributed by atoms with Crippen LogP contribution in [0.15, 0.2) is 42.7 Å². The van der Waals surface area contributed by atoms with Gasteiger partial charge in [0, 0.05) is 11.8 Å². The van der Waals surface area contributed by atoms with Gasteiger partial charge in [0.1, 0.15) is 0 Å². The van der Waals surface area contributed by atoms with Gasteiger partial charge in [-0.15, -0.1) is 0 Å². The van der Waals surface area contributed by atoms with Crippen LogP contribution in [0.5, 0.6) is 0 Å². The Labute approximate surface area is 115 Å². The van der Waals surface area contributed by atoms with Gasteiger partial charge in [0.15, 0.2) is 5.82 Å². The van der Waals surface area contributed by atoms with Crippen molar-refractivity contribution in [3.8, 4) is 11.8 Å². The van der Waals surface area contributed by atoms with Gasteiger partial charge in [-0.05, 0) is 18.2 Å². The summed E-state index contributed by atoms with van der Waals surface area (Å²) in [6.45, 7) is 0.203. The van der Waals surface area contributed by atoms with E-state index in [0.29, 0.717) is 11.1 Å². The number of nitrogens with one attached hydrogen (secondary N) is 1. The fourth-order valence-electron chi connectivity index (χ4n) is 1.60. The number of anilines is 1. The molecule has 0 unspecified atom stereocenters. The van der Waals surface area contributed by atoms with Crippen molar-refractivity contribution in [2.75, 3.05) is 11.9 Å². The molecule has 1 heterocycles. The topological polar surface area (TPSA) is 68.0 Å². The van der Waals surface area contributed by atoms with E-state index in [1.165, 1.54) is 12.3 Å². The summed E-state index contributed by atoms with van der Waals surface area (Å²) < 4.78 is 13.4. The van der Waals surface area contributed by atoms with E-state index in [-0.39, 0.29) is 12.2 Å². The first-order valence-electron chi connectivity index (χ1n) is 5.91. The summed E-state index contributed by atoms with van der Waals surface area (Å²) in [6, 6.07) is 8.20. The molecule has 1 amide bonds. The molecule has 4 nitrogen and oxygen atoms in total. The molecule has 0 saturated heterocycles. The molecule has 0 fully saturated rings. The van der Waals surface area contributed by atoms with E-state index in [2.05, 4.69) is 22.1 Å². The second-order valence-corrected chi connectivity index (χ2v) is 3.86. The first-order valence-corrected chi connectivity index (χ1v) is 5.91. The average Bonchev–Trinajstić information content (AvgIpc) is 2.47. The van der Waals surface area contributed by atoms with Gasteiger partial charge < -0.3 is 11.1 Å². The lowest BCUT2D eigenvalue weighted by Crippen LogP contribution is -2.14. The van der Waals surface area contributed by atoms with Crippen LogP contribution in [0.3, 0.4) is 0 Å². The van der Waals surface area contributed by atoms with Crippen molar-refractivity contribution in [2.24, 2.45) is 5.73 Å². The van der Waals surface area contributed by atoms with Crippen LogP contribution in [-0.2, 0) is 0 Å². The molecule has 0 spiro atoms. The normalized spacial score (nSPS) is 9.50. The van der Waals surface area contributed by atoms with Crippen LogP contribution in [0, 0.1) is 17.7 Å². The minimum Gasteiger partial charge on any atom is -0.320 e. The summed E-state index contributed by atoms with van der Waals surface area (Å²) in [7, 11) is 0. The summed E-state index contributed by atoms with van der Waals surface area (Å²) >= 11 is 0. The molecule has 3 N–H and O–H groups in total. The number of rotatable bonds is 2. The maximum absolute atomic E-state index is 13.4. The van der Waals surface area contributed by atoms with Gasteiger partial charge in [-0.25, -0.2) is 4.39 Å². The van der Waals surface area contributed by atoms with Crippen LogP contribution in [-0.4, -0.2) is 17.4 Å². The fraction of sp³-hybridized carbons (Fsp3) is 0.0667. The second-order valence-electron chi connectivity index (χ2n) is 3.86. The Bertz CT molecular complexity index is 689. The first kappa shape index (κ1) is 13.7. The molecule has 5 heteroatoms. The fourth-order valence-corrected chi connectivity index (χ4v) is 1.60. The maximum Gasteiger partial charge on any atom is 0.257 e. The lowest BCUT2D eigenvalue weighted by molar-refractivity contribution is 0.102. The zero-order chi connectivity index (χ0) is 14.4. The molecular weight excluding hydrogens is 257 g/mol. The smallest absolute Gasteiger partial charge is 0.257 e. The van der Waals surface area contributed by atoms with Gasteiger partial charge in [0.25, 0.3) is 5.91 Å². The molecular formula is C15H12FN3O. The summed E-state index contributed by atoms with van der Waals surface area (Å²) in [5.41, 5.74) is 6.30. The molecule has 0 aliphatic carbocycles. The van der Waals surface area contributed by atoms with Crippen LogP contribution in [0.2, 0.25) is 0 Å². The minimum absolute atomic E-state index is 0.0755. The molecule has 0 bridgehead atoms. The second kappa shape index (κ2) is 6.45. The number of halogens is 1. The largest absolute Gasteiger partial charge is 0.320 e. The van der Waals surface area contributed by atoms with Gasteiger partial charge in [0.05, 0.1) is 24.0 Å². The highest BCUT2D eigenvalue weighted by Crippen LogP contribution is 2.14. The van der Waals surface area contributed by atoms with Crippen molar-refractivity contribution in [3.63, 3.8) is 0 Å². The van der Waals surface area contributed by atoms with E-state index < -0.39 is 11.7 Å². The van der Waals surface area contributed by atoms with Gasteiger partial charge in [-0.1, -0.05) is 24.0 Å². The Balaban J connectivity index is 2.28. The van der Waals surface area contributed by atoms with E-state index in [0.717, 1.165) is 6.20 Å². The summed E-state index contributed by atoms with van der Waals surface area (Å²) in [6.07, 6.45) is 2.44. The number of hydrogen-bond donors (Lipinski definition) is 2. The molecule has 1 aromatic carbocycles. The Morgan fingerprint density at radius 3 is 2.90 bits per heavy atom. The third-order valence-electron chi connectivity index (χ3n) is 2.52. The molecule has 2 aromatic rings. The van der Waals surface area contributed by atoms with Gasteiger partial charge >= 0.3 is 0 Å². The standard InChI is InChI=1S/C15H12FN3O/c16-13-10-18-9-7-14(13)19-15(20)12-6-2-1-4-11(12)5-3-8-17/h1-2,4,6-7,9-10H,8,17H2,(H,18,19,20). The third kappa shape index (κ3) is 3.19. The van der Waals surface area contributed by atoms with Crippen molar-refractivity contribution < 1.29 is 9.18 Å². The van der Waals surface area contributed by atoms with E-state index in [1.54, 1.807) is 24.3 Å². The molecule has 0 aliphatic rings. The van der Waals surface area contributed by atoms with Crippen molar-refractivity contribution in [1.82, 2.24) is 4.98 Å². The Hall–Kier alpha value is -2.71. The number of amides is 1. The van der Waals surface area contributed by atoms with Crippen LogP contribution < -0.4 is 11.1 Å². The average molecular weight is 269 g/mol. The molecule has 0 radical (unpaired) electrons. The minimum atomic E-state index is -0.591. The number of pyridine rings is 1. The number of nitrogens with two attached hydrogens (primary N) is 1. The SMILES string of the molecule is NCC#Cc1ccccc1C(=O)Nc1ccncc1F.